The van der Waals surface area contributed by atoms with Gasteiger partial charge in [-0.05, 0) is 80.5 Å². The lowest BCUT2D eigenvalue weighted by Crippen LogP contribution is -2.36. The van der Waals surface area contributed by atoms with Gasteiger partial charge in [0.1, 0.15) is 23.8 Å². The van der Waals surface area contributed by atoms with E-state index < -0.39 is 5.82 Å². The number of urea groups is 1. The van der Waals surface area contributed by atoms with Gasteiger partial charge >= 0.3 is 6.03 Å². The summed E-state index contributed by atoms with van der Waals surface area (Å²) in [6.07, 6.45) is 5.37. The molecule has 36 heavy (non-hydrogen) atoms. The highest BCUT2D eigenvalue weighted by Crippen LogP contribution is 2.32. The van der Waals surface area contributed by atoms with Gasteiger partial charge in [0.05, 0.1) is 0 Å². The van der Waals surface area contributed by atoms with Crippen LogP contribution >= 0.6 is 0 Å². The Labute approximate surface area is 209 Å². The number of halogens is 1. The van der Waals surface area contributed by atoms with Crippen molar-refractivity contribution in [1.29, 1.82) is 0 Å². The fraction of sp³-hybridized carbons (Fsp3) is 0.286. The molecule has 1 saturated carbocycles. The minimum atomic E-state index is -0.401. The zero-order chi connectivity index (χ0) is 25.1. The number of rotatable bonds is 9. The number of ether oxygens (including phenoxy) is 1. The van der Waals surface area contributed by atoms with Crippen LogP contribution < -0.4 is 10.1 Å². The summed E-state index contributed by atoms with van der Waals surface area (Å²) >= 11 is 0. The fourth-order valence-corrected chi connectivity index (χ4v) is 4.23. The van der Waals surface area contributed by atoms with E-state index in [2.05, 4.69) is 20.2 Å². The summed E-state index contributed by atoms with van der Waals surface area (Å²) in [6, 6.07) is 16.3. The summed E-state index contributed by atoms with van der Waals surface area (Å²) in [4.78, 5) is 24.4. The van der Waals surface area contributed by atoms with Gasteiger partial charge in [0.2, 0.25) is 0 Å². The molecule has 2 aromatic heterocycles. The van der Waals surface area contributed by atoms with Gasteiger partial charge in [-0.15, -0.1) is 0 Å². The number of likely N-dealkylation sites (N-methyl/N-ethyl adjacent to an activating group) is 1. The topological polar surface area (TPSA) is 73.5 Å². The van der Waals surface area contributed by atoms with Gasteiger partial charge in [0, 0.05) is 48.2 Å². The second kappa shape index (κ2) is 10.4. The Morgan fingerprint density at radius 2 is 2.00 bits per heavy atom. The molecule has 2 aromatic carbocycles. The number of carbonyl (C=O) groups excluding carboxylic acids is 1. The zero-order valence-electron chi connectivity index (χ0n) is 20.5. The molecule has 2 N–H and O–H groups in total. The summed E-state index contributed by atoms with van der Waals surface area (Å²) in [5.74, 6) is 0.387. The van der Waals surface area contributed by atoms with Crippen LogP contribution in [0.1, 0.15) is 18.4 Å². The van der Waals surface area contributed by atoms with Crippen molar-refractivity contribution in [3.63, 3.8) is 0 Å². The van der Waals surface area contributed by atoms with Crippen molar-refractivity contribution < 1.29 is 13.9 Å². The number of nitrogens with one attached hydrogen (secondary N) is 2. The molecule has 2 amide bonds. The second-order valence-electron chi connectivity index (χ2n) is 9.38. The Bertz CT molecular complexity index is 1370. The molecule has 7 nitrogen and oxygen atoms in total. The van der Waals surface area contributed by atoms with Crippen LogP contribution in [0.5, 0.6) is 5.75 Å². The van der Waals surface area contributed by atoms with Crippen LogP contribution in [0.2, 0.25) is 0 Å². The Balaban J connectivity index is 1.28. The molecular formula is C28H30FN5O2. The molecule has 0 bridgehead atoms. The molecule has 8 heteroatoms. The van der Waals surface area contributed by atoms with Crippen molar-refractivity contribution in [3.8, 4) is 16.9 Å². The molecule has 0 atom stereocenters. The highest BCUT2D eigenvalue weighted by molar-refractivity contribution is 5.94. The van der Waals surface area contributed by atoms with E-state index in [1.54, 1.807) is 30.6 Å². The van der Waals surface area contributed by atoms with Crippen molar-refractivity contribution in [3.05, 3.63) is 78.4 Å². The number of nitrogens with zero attached hydrogens (tertiary/aromatic N) is 3. The maximum absolute atomic E-state index is 15.1. The van der Waals surface area contributed by atoms with Crippen molar-refractivity contribution in [2.45, 2.75) is 25.4 Å². The molecule has 4 aromatic rings. The molecule has 0 saturated heterocycles. The Morgan fingerprint density at radius 1 is 1.14 bits per heavy atom. The molecule has 0 aliphatic heterocycles. The Hall–Kier alpha value is -3.91. The monoisotopic (exact) mass is 487 g/mol. The number of benzene rings is 2. The third-order valence-electron chi connectivity index (χ3n) is 6.28. The van der Waals surface area contributed by atoms with Crippen LogP contribution in [0.25, 0.3) is 22.2 Å². The normalized spacial score (nSPS) is 13.2. The highest BCUT2D eigenvalue weighted by Gasteiger charge is 2.32. The number of fused-ring (bicyclic) bond motifs is 1. The van der Waals surface area contributed by atoms with Crippen LogP contribution in [0, 0.1) is 5.82 Å². The molecule has 1 aliphatic rings. The fourth-order valence-electron chi connectivity index (χ4n) is 4.23. The maximum Gasteiger partial charge on any atom is 0.322 e. The van der Waals surface area contributed by atoms with Crippen molar-refractivity contribution in [1.82, 2.24) is 19.8 Å². The summed E-state index contributed by atoms with van der Waals surface area (Å²) in [5, 5.41) is 3.74. The largest absolute Gasteiger partial charge is 0.492 e. The van der Waals surface area contributed by atoms with Gasteiger partial charge in [-0.2, -0.15) is 0 Å². The number of anilines is 1. The number of carbonyl (C=O) groups is 1. The van der Waals surface area contributed by atoms with Gasteiger partial charge < -0.3 is 24.8 Å². The smallest absolute Gasteiger partial charge is 0.322 e. The molecule has 1 fully saturated rings. The van der Waals surface area contributed by atoms with Crippen molar-refractivity contribution in [2.24, 2.45) is 0 Å². The summed E-state index contributed by atoms with van der Waals surface area (Å²) in [5.41, 5.74) is 3.34. The van der Waals surface area contributed by atoms with Crippen molar-refractivity contribution >= 4 is 22.8 Å². The standard InChI is InChI=1S/C28H30FN5O2/c1-33(2)14-15-36-22-5-3-4-19(16-22)18-34(21-7-8-21)28(35)32-20-6-9-24(26(29)17-20)23-10-12-30-27-25(23)11-13-31-27/h3-6,9-13,16-17,21H,7-8,14-15,18H2,1-2H3,(H,30,31)(H,32,35). The van der Waals surface area contributed by atoms with Gasteiger partial charge in [0.25, 0.3) is 0 Å². The quantitative estimate of drug-likeness (QED) is 0.327. The van der Waals surface area contributed by atoms with Crippen LogP contribution in [0.3, 0.4) is 0 Å². The number of pyridine rings is 1. The minimum Gasteiger partial charge on any atom is -0.492 e. The lowest BCUT2D eigenvalue weighted by Gasteiger charge is -2.23. The average Bonchev–Trinajstić information content (AvgIpc) is 3.58. The van der Waals surface area contributed by atoms with E-state index in [4.69, 9.17) is 4.74 Å². The van der Waals surface area contributed by atoms with Crippen LogP contribution in [-0.2, 0) is 6.54 Å². The predicted molar refractivity (Wildman–Crippen MR) is 140 cm³/mol. The van der Waals surface area contributed by atoms with E-state index in [-0.39, 0.29) is 12.1 Å². The van der Waals surface area contributed by atoms with E-state index in [1.165, 1.54) is 6.07 Å². The first-order valence-corrected chi connectivity index (χ1v) is 12.1. The Morgan fingerprint density at radius 3 is 2.78 bits per heavy atom. The number of aromatic nitrogens is 2. The number of hydrogen-bond acceptors (Lipinski definition) is 4. The number of amides is 2. The second-order valence-corrected chi connectivity index (χ2v) is 9.38. The van der Waals surface area contributed by atoms with Crippen molar-refractivity contribution in [2.75, 3.05) is 32.6 Å². The summed E-state index contributed by atoms with van der Waals surface area (Å²) in [6.45, 7) is 1.89. The first-order chi connectivity index (χ1) is 17.5. The van der Waals surface area contributed by atoms with E-state index in [0.29, 0.717) is 30.0 Å². The van der Waals surface area contributed by atoms with Crippen LogP contribution in [-0.4, -0.2) is 59.1 Å². The molecule has 0 radical (unpaired) electrons. The van der Waals surface area contributed by atoms with Gasteiger partial charge in [-0.25, -0.2) is 14.2 Å². The van der Waals surface area contributed by atoms with E-state index in [0.717, 1.165) is 41.6 Å². The van der Waals surface area contributed by atoms with Gasteiger partial charge in [-0.1, -0.05) is 12.1 Å². The number of aromatic amines is 1. The third kappa shape index (κ3) is 5.49. The Kier molecular flexibility index (Phi) is 6.86. The maximum atomic E-state index is 15.1. The third-order valence-corrected chi connectivity index (χ3v) is 6.28. The zero-order valence-corrected chi connectivity index (χ0v) is 20.5. The van der Waals surface area contributed by atoms with Gasteiger partial charge in [0.15, 0.2) is 0 Å². The number of H-pyrrole nitrogens is 1. The first kappa shape index (κ1) is 23.8. The molecule has 186 valence electrons. The molecule has 1 aliphatic carbocycles. The highest BCUT2D eigenvalue weighted by atomic mass is 19.1. The molecule has 5 rings (SSSR count). The first-order valence-electron chi connectivity index (χ1n) is 12.1. The lowest BCUT2D eigenvalue weighted by molar-refractivity contribution is 0.206. The van der Waals surface area contributed by atoms with Gasteiger partial charge in [-0.3, -0.25) is 0 Å². The average molecular weight is 488 g/mol. The van der Waals surface area contributed by atoms with Crippen LogP contribution in [0.15, 0.2) is 67.0 Å². The minimum absolute atomic E-state index is 0.186. The summed E-state index contributed by atoms with van der Waals surface area (Å²) in [7, 11) is 4.01. The SMILES string of the molecule is CN(C)CCOc1cccc(CN(C(=O)Nc2ccc(-c3ccnc4[nH]ccc34)c(F)c2)C2CC2)c1. The lowest BCUT2D eigenvalue weighted by atomic mass is 10.0. The van der Waals surface area contributed by atoms with E-state index in [1.807, 2.05) is 49.3 Å². The van der Waals surface area contributed by atoms with E-state index >= 15 is 4.39 Å². The van der Waals surface area contributed by atoms with Crippen LogP contribution in [0.4, 0.5) is 14.9 Å². The predicted octanol–water partition coefficient (Wildman–Crippen LogP) is 5.51. The van der Waals surface area contributed by atoms with E-state index in [9.17, 15) is 4.79 Å². The number of hydrogen-bond donors (Lipinski definition) is 2. The molecule has 2 heterocycles. The molecule has 0 spiro atoms. The molecule has 0 unspecified atom stereocenters. The summed E-state index contributed by atoms with van der Waals surface area (Å²) < 4.78 is 21.0. The molecular weight excluding hydrogens is 457 g/mol.